The first-order valence-corrected chi connectivity index (χ1v) is 3.73. The van der Waals surface area contributed by atoms with Crippen molar-refractivity contribution in [1.29, 1.82) is 0 Å². The monoisotopic (exact) mass is 174 g/mol. The van der Waals surface area contributed by atoms with Crippen LogP contribution in [0.25, 0.3) is 0 Å². The summed E-state index contributed by atoms with van der Waals surface area (Å²) in [6.07, 6.45) is 2.53. The number of allylic oxidation sites excluding steroid dienone is 1. The first-order chi connectivity index (χ1) is 5.41. The molecule has 4 heteroatoms. The Bertz CT molecular complexity index is 131. The molecule has 0 spiro atoms. The summed E-state index contributed by atoms with van der Waals surface area (Å²) in [7, 11) is 0. The van der Waals surface area contributed by atoms with Crippen LogP contribution in [0.5, 0.6) is 0 Å². The summed E-state index contributed by atoms with van der Waals surface area (Å²) >= 11 is 0. The van der Waals surface area contributed by atoms with E-state index in [1.807, 2.05) is 13.0 Å². The first-order valence-electron chi connectivity index (χ1n) is 3.73. The molecule has 12 heavy (non-hydrogen) atoms. The highest BCUT2D eigenvalue weighted by molar-refractivity contribution is 5.62. The smallest absolute Gasteiger partial charge is 0.300 e. The molecule has 0 aromatic rings. The summed E-state index contributed by atoms with van der Waals surface area (Å²) in [6.45, 7) is 6.66. The number of hydrogen-bond acceptors (Lipinski definition) is 3. The van der Waals surface area contributed by atoms with Gasteiger partial charge in [0.15, 0.2) is 0 Å². The Morgan fingerprint density at radius 3 is 2.08 bits per heavy atom. The Labute approximate surface area is 73.2 Å². The highest BCUT2D eigenvalue weighted by Gasteiger charge is 2.03. The molecule has 4 nitrogen and oxygen atoms in total. The number of aliphatic carboxylic acids is 1. The number of carbonyl (C=O) groups is 1. The van der Waals surface area contributed by atoms with E-state index in [0.717, 1.165) is 13.3 Å². The second kappa shape index (κ2) is 8.23. The Hall–Kier alpha value is -0.870. The van der Waals surface area contributed by atoms with Crippen molar-refractivity contribution in [2.24, 2.45) is 17.4 Å². The fraction of sp³-hybridized carbons (Fsp3) is 0.625. The van der Waals surface area contributed by atoms with Crippen molar-refractivity contribution >= 4 is 5.97 Å². The van der Waals surface area contributed by atoms with Crippen molar-refractivity contribution in [3.8, 4) is 0 Å². The largest absolute Gasteiger partial charge is 0.481 e. The van der Waals surface area contributed by atoms with E-state index < -0.39 is 5.97 Å². The molecule has 0 heterocycles. The summed E-state index contributed by atoms with van der Waals surface area (Å²) in [5.41, 5.74) is 10.7. The fourth-order valence-corrected chi connectivity index (χ4v) is 0.420. The van der Waals surface area contributed by atoms with Gasteiger partial charge < -0.3 is 16.6 Å². The quantitative estimate of drug-likeness (QED) is 0.430. The minimum absolute atomic E-state index is 0.201. The van der Waals surface area contributed by atoms with Gasteiger partial charge in [-0.1, -0.05) is 13.0 Å². The van der Waals surface area contributed by atoms with Crippen LogP contribution < -0.4 is 11.5 Å². The van der Waals surface area contributed by atoms with Crippen LogP contribution in [0.3, 0.4) is 0 Å². The molecule has 5 N–H and O–H groups in total. The lowest BCUT2D eigenvalue weighted by Gasteiger charge is -2.11. The van der Waals surface area contributed by atoms with Crippen molar-refractivity contribution < 1.29 is 9.90 Å². The predicted molar refractivity (Wildman–Crippen MR) is 49.5 cm³/mol. The van der Waals surface area contributed by atoms with Gasteiger partial charge in [0.25, 0.3) is 5.97 Å². The van der Waals surface area contributed by atoms with Gasteiger partial charge in [-0.2, -0.15) is 0 Å². The Morgan fingerprint density at radius 1 is 1.67 bits per heavy atom. The van der Waals surface area contributed by atoms with Gasteiger partial charge in [-0.15, -0.1) is 6.58 Å². The third kappa shape index (κ3) is 16.1. The topological polar surface area (TPSA) is 89.3 Å². The maximum atomic E-state index is 9.00. The van der Waals surface area contributed by atoms with Gasteiger partial charge in [-0.25, -0.2) is 0 Å². The third-order valence-electron chi connectivity index (χ3n) is 1.20. The highest BCUT2D eigenvalue weighted by Crippen LogP contribution is 2.01. The molecule has 0 aliphatic carbocycles. The predicted octanol–water partition coefficient (Wildman–Crippen LogP) is 0.533. The maximum Gasteiger partial charge on any atom is 0.300 e. The molecule has 0 saturated heterocycles. The molecule has 0 aliphatic heterocycles. The van der Waals surface area contributed by atoms with Crippen LogP contribution in [0.2, 0.25) is 0 Å². The fourth-order valence-electron chi connectivity index (χ4n) is 0.420. The molecule has 0 radical (unpaired) electrons. The molecule has 72 valence electrons. The molecule has 1 unspecified atom stereocenters. The lowest BCUT2D eigenvalue weighted by Crippen LogP contribution is -2.36. The van der Waals surface area contributed by atoms with E-state index in [1.165, 1.54) is 0 Å². The van der Waals surface area contributed by atoms with Gasteiger partial charge >= 0.3 is 0 Å². The second-order valence-electron chi connectivity index (χ2n) is 2.60. The van der Waals surface area contributed by atoms with Crippen LogP contribution >= 0.6 is 0 Å². The summed E-state index contributed by atoms with van der Waals surface area (Å²) < 4.78 is 0. The molecule has 1 atom stereocenters. The van der Waals surface area contributed by atoms with Crippen molar-refractivity contribution in [3.63, 3.8) is 0 Å². The molecule has 0 rings (SSSR count). The molecule has 0 bridgehead atoms. The van der Waals surface area contributed by atoms with Crippen molar-refractivity contribution in [1.82, 2.24) is 0 Å². The average Bonchev–Trinajstić information content (AvgIpc) is 1.86. The molecule has 0 amide bonds. The zero-order chi connectivity index (χ0) is 10.1. The summed E-state index contributed by atoms with van der Waals surface area (Å²) in [4.78, 5) is 9.00. The highest BCUT2D eigenvalue weighted by atomic mass is 16.4. The minimum Gasteiger partial charge on any atom is -0.481 e. The van der Waals surface area contributed by atoms with Gasteiger partial charge in [0, 0.05) is 6.92 Å². The van der Waals surface area contributed by atoms with E-state index >= 15 is 0 Å². The number of carboxylic acids is 1. The number of carboxylic acid groups (broad SMARTS) is 1. The normalized spacial score (nSPS) is 11.4. The van der Waals surface area contributed by atoms with Crippen LogP contribution in [0.4, 0.5) is 0 Å². The van der Waals surface area contributed by atoms with E-state index in [4.69, 9.17) is 21.4 Å². The van der Waals surface area contributed by atoms with E-state index in [1.54, 1.807) is 0 Å². The van der Waals surface area contributed by atoms with Gasteiger partial charge in [0.05, 0.1) is 6.17 Å². The van der Waals surface area contributed by atoms with E-state index in [-0.39, 0.29) is 6.17 Å². The summed E-state index contributed by atoms with van der Waals surface area (Å²) in [6, 6.07) is 0. The number of rotatable bonds is 3. The molecule has 0 fully saturated rings. The van der Waals surface area contributed by atoms with Crippen LogP contribution in [0, 0.1) is 5.92 Å². The Balaban J connectivity index is 0. The molecular formula is C8H18N2O2. The van der Waals surface area contributed by atoms with Gasteiger partial charge in [-0.05, 0) is 12.3 Å². The van der Waals surface area contributed by atoms with Crippen molar-refractivity contribution in [3.05, 3.63) is 12.7 Å². The zero-order valence-corrected chi connectivity index (χ0v) is 7.66. The Morgan fingerprint density at radius 2 is 2.00 bits per heavy atom. The third-order valence-corrected chi connectivity index (χ3v) is 1.20. The van der Waals surface area contributed by atoms with Gasteiger partial charge in [0.2, 0.25) is 0 Å². The lowest BCUT2D eigenvalue weighted by molar-refractivity contribution is -0.134. The minimum atomic E-state index is -0.833. The standard InChI is InChI=1S/C6H14N2.C2H4O2/c1-3-4-5(2)6(7)8;1-2(3)4/h3,5-6H,1,4,7-8H2,2H3;1H3,(H,3,4). The molecular weight excluding hydrogens is 156 g/mol. The van der Waals surface area contributed by atoms with Crippen LogP contribution in [-0.2, 0) is 4.79 Å². The lowest BCUT2D eigenvalue weighted by atomic mass is 10.1. The first kappa shape index (κ1) is 13.7. The van der Waals surface area contributed by atoms with Crippen molar-refractivity contribution in [2.45, 2.75) is 26.4 Å². The van der Waals surface area contributed by atoms with Crippen LogP contribution in [-0.4, -0.2) is 17.2 Å². The van der Waals surface area contributed by atoms with E-state index in [9.17, 15) is 0 Å². The molecule has 0 aromatic heterocycles. The second-order valence-corrected chi connectivity index (χ2v) is 2.60. The molecule has 0 aromatic carbocycles. The van der Waals surface area contributed by atoms with E-state index in [2.05, 4.69) is 6.58 Å². The van der Waals surface area contributed by atoms with E-state index in [0.29, 0.717) is 5.92 Å². The van der Waals surface area contributed by atoms with Crippen LogP contribution in [0.1, 0.15) is 20.3 Å². The Kier molecular flexibility index (Phi) is 9.40. The SMILES string of the molecule is C=CCC(C)C(N)N.CC(=O)O. The zero-order valence-electron chi connectivity index (χ0n) is 7.66. The van der Waals surface area contributed by atoms with Gasteiger partial charge in [0.1, 0.15) is 0 Å². The maximum absolute atomic E-state index is 9.00. The van der Waals surface area contributed by atoms with Crippen molar-refractivity contribution in [2.75, 3.05) is 0 Å². The van der Waals surface area contributed by atoms with Gasteiger partial charge in [-0.3, -0.25) is 4.79 Å². The van der Waals surface area contributed by atoms with Crippen LogP contribution in [0.15, 0.2) is 12.7 Å². The molecule has 0 saturated carbocycles. The summed E-state index contributed by atoms with van der Waals surface area (Å²) in [5, 5.41) is 7.42. The summed E-state index contributed by atoms with van der Waals surface area (Å²) in [5.74, 6) is -0.479. The molecule has 0 aliphatic rings. The number of hydrogen-bond donors (Lipinski definition) is 3. The number of nitrogens with two attached hydrogens (primary N) is 2. The average molecular weight is 174 g/mol.